The summed E-state index contributed by atoms with van der Waals surface area (Å²) in [5.74, 6) is 0.595. The summed E-state index contributed by atoms with van der Waals surface area (Å²) in [5, 5.41) is 6.44. The monoisotopic (exact) mass is 310 g/mol. The maximum absolute atomic E-state index is 12.1. The van der Waals surface area contributed by atoms with Crippen LogP contribution in [0, 0.1) is 0 Å². The zero-order valence-electron chi connectivity index (χ0n) is 12.1. The Labute approximate surface area is 132 Å². The molecule has 3 rings (SSSR count). The molecular weight excluding hydrogens is 288 g/mol. The fourth-order valence-corrected chi connectivity index (χ4v) is 2.96. The molecule has 0 radical (unpaired) electrons. The van der Waals surface area contributed by atoms with Crippen molar-refractivity contribution in [2.45, 2.75) is 31.2 Å². The number of rotatable bonds is 3. The van der Waals surface area contributed by atoms with E-state index < -0.39 is 0 Å². The van der Waals surface area contributed by atoms with Crippen molar-refractivity contribution in [3.05, 3.63) is 35.4 Å². The molecule has 116 valence electrons. The Kier molecular flexibility index (Phi) is 6.03. The highest BCUT2D eigenvalue weighted by molar-refractivity contribution is 5.94. The average Bonchev–Trinajstić information content (AvgIpc) is 3.01. The summed E-state index contributed by atoms with van der Waals surface area (Å²) >= 11 is 0. The first-order chi connectivity index (χ1) is 9.83. The van der Waals surface area contributed by atoms with Gasteiger partial charge in [-0.15, -0.1) is 12.4 Å². The lowest BCUT2D eigenvalue weighted by molar-refractivity contribution is 0.0930. The molecule has 2 N–H and O–H groups in total. The molecule has 0 bridgehead atoms. The van der Waals surface area contributed by atoms with E-state index in [4.69, 9.17) is 4.74 Å². The number of benzene rings is 1. The number of hydrogen-bond donors (Lipinski definition) is 2. The van der Waals surface area contributed by atoms with Crippen molar-refractivity contribution in [1.29, 1.82) is 0 Å². The highest BCUT2D eigenvalue weighted by Crippen LogP contribution is 2.23. The van der Waals surface area contributed by atoms with E-state index in [2.05, 4.69) is 22.8 Å². The van der Waals surface area contributed by atoms with Gasteiger partial charge in [-0.05, 0) is 49.4 Å². The van der Waals surface area contributed by atoms with Gasteiger partial charge in [-0.25, -0.2) is 0 Å². The summed E-state index contributed by atoms with van der Waals surface area (Å²) in [7, 11) is 0. The molecule has 2 atom stereocenters. The Bertz CT molecular complexity index is 452. The molecule has 2 aliphatic rings. The molecule has 2 heterocycles. The van der Waals surface area contributed by atoms with Gasteiger partial charge < -0.3 is 15.4 Å². The molecule has 0 aliphatic carbocycles. The van der Waals surface area contributed by atoms with Gasteiger partial charge in [-0.1, -0.05) is 12.1 Å². The molecule has 0 spiro atoms. The first-order valence-electron chi connectivity index (χ1n) is 7.52. The van der Waals surface area contributed by atoms with Gasteiger partial charge in [0.1, 0.15) is 0 Å². The topological polar surface area (TPSA) is 50.4 Å². The predicted molar refractivity (Wildman–Crippen MR) is 85.2 cm³/mol. The summed E-state index contributed by atoms with van der Waals surface area (Å²) < 4.78 is 5.27. The lowest BCUT2D eigenvalue weighted by Gasteiger charge is -2.23. The minimum Gasteiger partial charge on any atom is -0.379 e. The van der Waals surface area contributed by atoms with Crippen LogP contribution in [0.1, 0.15) is 41.1 Å². The van der Waals surface area contributed by atoms with E-state index in [-0.39, 0.29) is 24.4 Å². The number of carbonyl (C=O) groups excluding carboxylic acids is 1. The van der Waals surface area contributed by atoms with Crippen molar-refractivity contribution in [3.8, 4) is 0 Å². The van der Waals surface area contributed by atoms with Gasteiger partial charge in [0.2, 0.25) is 0 Å². The largest absolute Gasteiger partial charge is 0.379 e. The Morgan fingerprint density at radius 3 is 2.67 bits per heavy atom. The third-order valence-electron chi connectivity index (χ3n) is 4.21. The number of amides is 1. The molecule has 2 saturated heterocycles. The van der Waals surface area contributed by atoms with Crippen molar-refractivity contribution in [2.24, 2.45) is 0 Å². The molecule has 2 fully saturated rings. The normalized spacial score (nSPS) is 25.1. The van der Waals surface area contributed by atoms with Crippen LogP contribution in [-0.2, 0) is 4.74 Å². The van der Waals surface area contributed by atoms with E-state index in [0.717, 1.165) is 31.7 Å². The molecule has 0 saturated carbocycles. The second kappa shape index (κ2) is 7.78. The molecule has 21 heavy (non-hydrogen) atoms. The van der Waals surface area contributed by atoms with E-state index in [9.17, 15) is 4.79 Å². The molecular formula is C16H23ClN2O2. The molecule has 2 aliphatic heterocycles. The summed E-state index contributed by atoms with van der Waals surface area (Å²) in [6.07, 6.45) is 3.38. The van der Waals surface area contributed by atoms with E-state index in [1.165, 1.54) is 18.4 Å². The Balaban J connectivity index is 0.00000161. The quantitative estimate of drug-likeness (QED) is 0.899. The number of nitrogens with one attached hydrogen (secondary N) is 2. The van der Waals surface area contributed by atoms with Crippen LogP contribution in [0.25, 0.3) is 0 Å². The van der Waals surface area contributed by atoms with Crippen LogP contribution in [0.4, 0.5) is 0 Å². The SMILES string of the molecule is Cl.O=C(NC1CCOC1)c1ccc(C2CCCNC2)cc1. The van der Waals surface area contributed by atoms with Gasteiger partial charge in [0.15, 0.2) is 0 Å². The van der Waals surface area contributed by atoms with Gasteiger partial charge in [0, 0.05) is 18.7 Å². The van der Waals surface area contributed by atoms with Crippen molar-refractivity contribution < 1.29 is 9.53 Å². The predicted octanol–water partition coefficient (Wildman–Crippen LogP) is 2.09. The third kappa shape index (κ3) is 4.19. The molecule has 4 nitrogen and oxygen atoms in total. The van der Waals surface area contributed by atoms with Crippen LogP contribution in [0.15, 0.2) is 24.3 Å². The van der Waals surface area contributed by atoms with Crippen LogP contribution < -0.4 is 10.6 Å². The first kappa shape index (κ1) is 16.3. The highest BCUT2D eigenvalue weighted by atomic mass is 35.5. The third-order valence-corrected chi connectivity index (χ3v) is 4.21. The number of halogens is 1. The van der Waals surface area contributed by atoms with Crippen LogP contribution in [0.2, 0.25) is 0 Å². The fourth-order valence-electron chi connectivity index (χ4n) is 2.96. The van der Waals surface area contributed by atoms with Crippen molar-refractivity contribution in [2.75, 3.05) is 26.3 Å². The lowest BCUT2D eigenvalue weighted by Crippen LogP contribution is -2.35. The summed E-state index contributed by atoms with van der Waals surface area (Å²) in [6, 6.07) is 8.24. The number of piperidine rings is 1. The van der Waals surface area contributed by atoms with Crippen molar-refractivity contribution in [3.63, 3.8) is 0 Å². The average molecular weight is 311 g/mol. The van der Waals surface area contributed by atoms with E-state index >= 15 is 0 Å². The van der Waals surface area contributed by atoms with Crippen LogP contribution >= 0.6 is 12.4 Å². The minimum atomic E-state index is 0. The molecule has 1 aromatic rings. The van der Waals surface area contributed by atoms with Crippen molar-refractivity contribution >= 4 is 18.3 Å². The highest BCUT2D eigenvalue weighted by Gasteiger charge is 2.19. The summed E-state index contributed by atoms with van der Waals surface area (Å²) in [4.78, 5) is 12.1. The molecule has 1 aromatic carbocycles. The Hall–Kier alpha value is -1.10. The van der Waals surface area contributed by atoms with Crippen LogP contribution in [0.3, 0.4) is 0 Å². The molecule has 5 heteroatoms. The van der Waals surface area contributed by atoms with Gasteiger partial charge >= 0.3 is 0 Å². The lowest BCUT2D eigenvalue weighted by atomic mass is 9.91. The second-order valence-electron chi connectivity index (χ2n) is 5.70. The number of hydrogen-bond acceptors (Lipinski definition) is 3. The van der Waals surface area contributed by atoms with Gasteiger partial charge in [0.05, 0.1) is 12.6 Å². The number of carbonyl (C=O) groups is 1. The fraction of sp³-hybridized carbons (Fsp3) is 0.562. The van der Waals surface area contributed by atoms with E-state index in [1.54, 1.807) is 0 Å². The molecule has 1 amide bonds. The van der Waals surface area contributed by atoms with E-state index in [0.29, 0.717) is 12.5 Å². The summed E-state index contributed by atoms with van der Waals surface area (Å²) in [6.45, 7) is 3.56. The first-order valence-corrected chi connectivity index (χ1v) is 7.52. The zero-order valence-corrected chi connectivity index (χ0v) is 13.0. The van der Waals surface area contributed by atoms with E-state index in [1.807, 2.05) is 12.1 Å². The Morgan fingerprint density at radius 1 is 1.24 bits per heavy atom. The van der Waals surface area contributed by atoms with Gasteiger partial charge in [-0.2, -0.15) is 0 Å². The molecule has 2 unspecified atom stereocenters. The Morgan fingerprint density at radius 2 is 2.05 bits per heavy atom. The summed E-state index contributed by atoms with van der Waals surface area (Å²) in [5.41, 5.74) is 2.07. The van der Waals surface area contributed by atoms with Gasteiger partial charge in [0.25, 0.3) is 5.91 Å². The van der Waals surface area contributed by atoms with Gasteiger partial charge in [-0.3, -0.25) is 4.79 Å². The second-order valence-corrected chi connectivity index (χ2v) is 5.70. The minimum absolute atomic E-state index is 0. The maximum atomic E-state index is 12.1. The molecule has 0 aromatic heterocycles. The number of ether oxygens (including phenoxy) is 1. The van der Waals surface area contributed by atoms with Crippen LogP contribution in [-0.4, -0.2) is 38.3 Å². The zero-order chi connectivity index (χ0) is 13.8. The standard InChI is InChI=1S/C16H22N2O2.ClH/c19-16(18-15-7-9-20-11-15)13-5-3-12(4-6-13)14-2-1-8-17-10-14;/h3-6,14-15,17H,1-2,7-11H2,(H,18,19);1H. The maximum Gasteiger partial charge on any atom is 0.251 e. The smallest absolute Gasteiger partial charge is 0.251 e. The van der Waals surface area contributed by atoms with Crippen molar-refractivity contribution in [1.82, 2.24) is 10.6 Å². The van der Waals surface area contributed by atoms with Crippen LogP contribution in [0.5, 0.6) is 0 Å².